The first-order valence-corrected chi connectivity index (χ1v) is 6.05. The lowest BCUT2D eigenvalue weighted by Gasteiger charge is -2.09. The molecule has 0 saturated carbocycles. The maximum absolute atomic E-state index is 12.9. The Bertz CT molecular complexity index is 647. The fourth-order valence-electron chi connectivity index (χ4n) is 1.52. The predicted molar refractivity (Wildman–Crippen MR) is 75.2 cm³/mol. The zero-order valence-electron chi connectivity index (χ0n) is 9.58. The maximum Gasteiger partial charge on any atom is 0.257 e. The lowest BCUT2D eigenvalue weighted by Crippen LogP contribution is -2.13. The summed E-state index contributed by atoms with van der Waals surface area (Å²) in [5.41, 5.74) is 6.26. The molecular formula is C13H9Cl2FN2O. The van der Waals surface area contributed by atoms with Crippen molar-refractivity contribution in [2.24, 2.45) is 0 Å². The molecule has 1 amide bonds. The lowest BCUT2D eigenvalue weighted by atomic mass is 10.2. The first kappa shape index (κ1) is 13.6. The van der Waals surface area contributed by atoms with Gasteiger partial charge in [0.25, 0.3) is 5.91 Å². The van der Waals surface area contributed by atoms with Crippen molar-refractivity contribution < 1.29 is 9.18 Å². The van der Waals surface area contributed by atoms with Crippen LogP contribution in [0.15, 0.2) is 36.4 Å². The van der Waals surface area contributed by atoms with Crippen LogP contribution in [0.4, 0.5) is 15.8 Å². The van der Waals surface area contributed by atoms with Crippen LogP contribution in [0.3, 0.4) is 0 Å². The van der Waals surface area contributed by atoms with Gasteiger partial charge in [0.2, 0.25) is 0 Å². The Kier molecular flexibility index (Phi) is 3.93. The van der Waals surface area contributed by atoms with E-state index in [1.165, 1.54) is 18.2 Å². The van der Waals surface area contributed by atoms with Gasteiger partial charge in [-0.05, 0) is 30.3 Å². The summed E-state index contributed by atoms with van der Waals surface area (Å²) >= 11 is 11.8. The summed E-state index contributed by atoms with van der Waals surface area (Å²) in [5, 5.41) is 2.98. The zero-order chi connectivity index (χ0) is 14.0. The lowest BCUT2D eigenvalue weighted by molar-refractivity contribution is 0.102. The topological polar surface area (TPSA) is 55.1 Å². The largest absolute Gasteiger partial charge is 0.397 e. The fraction of sp³-hybridized carbons (Fsp3) is 0. The van der Waals surface area contributed by atoms with Gasteiger partial charge in [-0.15, -0.1) is 0 Å². The highest BCUT2D eigenvalue weighted by Gasteiger charge is 2.13. The summed E-state index contributed by atoms with van der Waals surface area (Å²) in [7, 11) is 0. The second-order valence-electron chi connectivity index (χ2n) is 3.79. The van der Waals surface area contributed by atoms with Crippen LogP contribution in [-0.4, -0.2) is 5.91 Å². The van der Waals surface area contributed by atoms with Crippen molar-refractivity contribution in [2.75, 3.05) is 11.1 Å². The van der Waals surface area contributed by atoms with Crippen molar-refractivity contribution in [3.8, 4) is 0 Å². The number of halogens is 3. The number of nitrogens with two attached hydrogens (primary N) is 1. The molecule has 0 aliphatic heterocycles. The Labute approximate surface area is 119 Å². The first-order chi connectivity index (χ1) is 8.99. The molecule has 98 valence electrons. The number of hydrogen-bond donors (Lipinski definition) is 2. The zero-order valence-corrected chi connectivity index (χ0v) is 11.1. The molecule has 0 unspecified atom stereocenters. The quantitative estimate of drug-likeness (QED) is 0.824. The van der Waals surface area contributed by atoms with Gasteiger partial charge in [-0.2, -0.15) is 0 Å². The van der Waals surface area contributed by atoms with Crippen molar-refractivity contribution >= 4 is 40.5 Å². The van der Waals surface area contributed by atoms with Crippen LogP contribution in [0, 0.1) is 5.82 Å². The van der Waals surface area contributed by atoms with Crippen LogP contribution in [0.1, 0.15) is 10.4 Å². The Hall–Kier alpha value is -1.78. The van der Waals surface area contributed by atoms with E-state index in [1.807, 2.05) is 0 Å². The number of benzene rings is 2. The highest BCUT2D eigenvalue weighted by Crippen LogP contribution is 2.27. The SMILES string of the molecule is Nc1cc(F)ccc1NC(=O)c1cccc(Cl)c1Cl. The molecule has 6 heteroatoms. The third-order valence-corrected chi connectivity index (χ3v) is 3.28. The van der Waals surface area contributed by atoms with E-state index in [4.69, 9.17) is 28.9 Å². The fourth-order valence-corrected chi connectivity index (χ4v) is 1.90. The van der Waals surface area contributed by atoms with Gasteiger partial charge in [-0.1, -0.05) is 29.3 Å². The summed E-state index contributed by atoms with van der Waals surface area (Å²) in [4.78, 5) is 12.0. The number of amides is 1. The molecule has 0 aliphatic carbocycles. The van der Waals surface area contributed by atoms with Crippen molar-refractivity contribution in [2.45, 2.75) is 0 Å². The van der Waals surface area contributed by atoms with Gasteiger partial charge in [0.05, 0.1) is 27.0 Å². The van der Waals surface area contributed by atoms with E-state index in [1.54, 1.807) is 12.1 Å². The number of anilines is 2. The van der Waals surface area contributed by atoms with Crippen LogP contribution in [0.2, 0.25) is 10.0 Å². The molecule has 2 aromatic carbocycles. The van der Waals surface area contributed by atoms with Crippen LogP contribution in [0.5, 0.6) is 0 Å². The highest BCUT2D eigenvalue weighted by molar-refractivity contribution is 6.44. The van der Waals surface area contributed by atoms with E-state index < -0.39 is 11.7 Å². The second-order valence-corrected chi connectivity index (χ2v) is 4.57. The third kappa shape index (κ3) is 2.97. The minimum absolute atomic E-state index is 0.131. The molecule has 3 nitrogen and oxygen atoms in total. The van der Waals surface area contributed by atoms with Gasteiger partial charge < -0.3 is 11.1 Å². The van der Waals surface area contributed by atoms with Gasteiger partial charge in [-0.3, -0.25) is 4.79 Å². The Morgan fingerprint density at radius 1 is 1.21 bits per heavy atom. The summed E-state index contributed by atoms with van der Waals surface area (Å²) in [6.07, 6.45) is 0. The van der Waals surface area contributed by atoms with E-state index in [-0.39, 0.29) is 21.3 Å². The molecule has 2 rings (SSSR count). The molecule has 0 aromatic heterocycles. The standard InChI is InChI=1S/C13H9Cl2FN2O/c14-9-3-1-2-8(12(9)15)13(19)18-11-5-4-7(16)6-10(11)17/h1-6H,17H2,(H,18,19). The summed E-state index contributed by atoms with van der Waals surface area (Å²) in [6.45, 7) is 0. The Balaban J connectivity index is 2.28. The van der Waals surface area contributed by atoms with Gasteiger partial charge in [0.15, 0.2) is 0 Å². The van der Waals surface area contributed by atoms with Gasteiger partial charge >= 0.3 is 0 Å². The van der Waals surface area contributed by atoms with Crippen molar-refractivity contribution in [3.63, 3.8) is 0 Å². The molecule has 0 spiro atoms. The molecule has 0 heterocycles. The highest BCUT2D eigenvalue weighted by atomic mass is 35.5. The predicted octanol–water partition coefficient (Wildman–Crippen LogP) is 3.97. The average Bonchev–Trinajstić information content (AvgIpc) is 2.36. The molecule has 2 aromatic rings. The number of carbonyl (C=O) groups excluding carboxylic acids is 1. The summed E-state index contributed by atoms with van der Waals surface area (Å²) in [6, 6.07) is 8.41. The van der Waals surface area contributed by atoms with Crippen molar-refractivity contribution in [1.82, 2.24) is 0 Å². The molecule has 19 heavy (non-hydrogen) atoms. The van der Waals surface area contributed by atoms with E-state index in [9.17, 15) is 9.18 Å². The molecule has 0 bridgehead atoms. The second kappa shape index (κ2) is 5.47. The van der Waals surface area contributed by atoms with Gasteiger partial charge in [-0.25, -0.2) is 4.39 Å². The van der Waals surface area contributed by atoms with Crippen LogP contribution in [-0.2, 0) is 0 Å². The minimum Gasteiger partial charge on any atom is -0.397 e. The number of nitrogens with one attached hydrogen (secondary N) is 1. The van der Waals surface area contributed by atoms with Crippen LogP contribution in [0.25, 0.3) is 0 Å². The average molecular weight is 299 g/mol. The first-order valence-electron chi connectivity index (χ1n) is 5.29. The Morgan fingerprint density at radius 2 is 1.95 bits per heavy atom. The summed E-state index contributed by atoms with van der Waals surface area (Å²) in [5.74, 6) is -0.943. The van der Waals surface area contributed by atoms with Crippen LogP contribution >= 0.6 is 23.2 Å². The van der Waals surface area contributed by atoms with E-state index in [0.29, 0.717) is 5.69 Å². The molecule has 3 N–H and O–H groups in total. The number of carbonyl (C=O) groups is 1. The van der Waals surface area contributed by atoms with E-state index in [2.05, 4.69) is 5.32 Å². The van der Waals surface area contributed by atoms with Crippen molar-refractivity contribution in [3.05, 3.63) is 57.8 Å². The molecule has 0 aliphatic rings. The minimum atomic E-state index is -0.476. The smallest absolute Gasteiger partial charge is 0.257 e. The van der Waals surface area contributed by atoms with Crippen molar-refractivity contribution in [1.29, 1.82) is 0 Å². The molecule has 0 radical (unpaired) electrons. The maximum atomic E-state index is 12.9. The number of rotatable bonds is 2. The van der Waals surface area contributed by atoms with E-state index in [0.717, 1.165) is 6.07 Å². The van der Waals surface area contributed by atoms with E-state index >= 15 is 0 Å². The molecule has 0 atom stereocenters. The number of hydrogen-bond acceptors (Lipinski definition) is 2. The summed E-state index contributed by atoms with van der Waals surface area (Å²) < 4.78 is 12.9. The number of nitrogen functional groups attached to an aromatic ring is 1. The molecule has 0 saturated heterocycles. The normalized spacial score (nSPS) is 10.3. The Morgan fingerprint density at radius 3 is 2.63 bits per heavy atom. The van der Waals surface area contributed by atoms with Gasteiger partial charge in [0.1, 0.15) is 5.82 Å². The monoisotopic (exact) mass is 298 g/mol. The molecular weight excluding hydrogens is 290 g/mol. The molecule has 0 fully saturated rings. The third-order valence-electron chi connectivity index (χ3n) is 2.46. The van der Waals surface area contributed by atoms with Crippen LogP contribution < -0.4 is 11.1 Å². The van der Waals surface area contributed by atoms with Gasteiger partial charge in [0, 0.05) is 0 Å².